The first-order valence-corrected chi connectivity index (χ1v) is 4.41. The minimum Gasteiger partial charge on any atom is -0.294 e. The Bertz CT molecular complexity index is 464. The molecule has 0 aliphatic heterocycles. The van der Waals surface area contributed by atoms with E-state index in [-0.39, 0.29) is 12.2 Å². The third kappa shape index (κ3) is 2.22. The zero-order valence-corrected chi connectivity index (χ0v) is 8.16. The Morgan fingerprint density at radius 2 is 2.33 bits per heavy atom. The molecule has 6 heteroatoms. The van der Waals surface area contributed by atoms with Crippen molar-refractivity contribution in [3.8, 4) is 0 Å². The highest BCUT2D eigenvalue weighted by molar-refractivity contribution is 5.96. The number of carbonyl (C=O) groups excluding carboxylic acids is 1. The van der Waals surface area contributed by atoms with Crippen LogP contribution in [0.5, 0.6) is 0 Å². The maximum atomic E-state index is 11.7. The van der Waals surface area contributed by atoms with Gasteiger partial charge in [-0.15, -0.1) is 5.10 Å². The second-order valence-corrected chi connectivity index (χ2v) is 3.11. The lowest BCUT2D eigenvalue weighted by molar-refractivity contribution is 0.0991. The van der Waals surface area contributed by atoms with Crippen LogP contribution in [0.2, 0.25) is 0 Å². The third-order valence-electron chi connectivity index (χ3n) is 1.90. The smallest absolute Gasteiger partial charge is 0.170 e. The first kappa shape index (κ1) is 9.45. The van der Waals surface area contributed by atoms with E-state index in [2.05, 4.69) is 20.5 Å². The number of rotatable bonds is 3. The van der Waals surface area contributed by atoms with Crippen molar-refractivity contribution in [3.63, 3.8) is 0 Å². The SMILES string of the molecule is Cn1cc(CC(=O)c2ccnnc2)nn1. The Morgan fingerprint density at radius 3 is 2.93 bits per heavy atom. The van der Waals surface area contributed by atoms with Crippen LogP contribution < -0.4 is 0 Å². The van der Waals surface area contributed by atoms with Gasteiger partial charge in [0, 0.05) is 18.8 Å². The maximum Gasteiger partial charge on any atom is 0.170 e. The molecule has 15 heavy (non-hydrogen) atoms. The third-order valence-corrected chi connectivity index (χ3v) is 1.90. The lowest BCUT2D eigenvalue weighted by Gasteiger charge is -1.95. The zero-order valence-electron chi connectivity index (χ0n) is 8.16. The Labute approximate surface area is 85.9 Å². The molecule has 0 aromatic carbocycles. The number of aryl methyl sites for hydroxylation is 1. The van der Waals surface area contributed by atoms with E-state index in [1.807, 2.05) is 0 Å². The second kappa shape index (κ2) is 3.95. The van der Waals surface area contributed by atoms with Crippen molar-refractivity contribution in [1.29, 1.82) is 0 Å². The summed E-state index contributed by atoms with van der Waals surface area (Å²) < 4.78 is 1.56. The van der Waals surface area contributed by atoms with Crippen molar-refractivity contribution >= 4 is 5.78 Å². The minimum atomic E-state index is -0.0367. The number of aromatic nitrogens is 5. The van der Waals surface area contributed by atoms with Crippen LogP contribution in [0, 0.1) is 0 Å². The number of hydrogen-bond acceptors (Lipinski definition) is 5. The summed E-state index contributed by atoms with van der Waals surface area (Å²) in [6.45, 7) is 0. The molecule has 6 nitrogen and oxygen atoms in total. The highest BCUT2D eigenvalue weighted by Gasteiger charge is 2.09. The Kier molecular flexibility index (Phi) is 2.49. The van der Waals surface area contributed by atoms with Crippen LogP contribution in [0.15, 0.2) is 24.7 Å². The molecule has 0 saturated carbocycles. The van der Waals surface area contributed by atoms with E-state index in [0.29, 0.717) is 11.3 Å². The molecule has 0 N–H and O–H groups in total. The molecule has 0 aliphatic carbocycles. The van der Waals surface area contributed by atoms with Gasteiger partial charge in [-0.25, -0.2) is 0 Å². The van der Waals surface area contributed by atoms with Gasteiger partial charge in [0.2, 0.25) is 0 Å². The topological polar surface area (TPSA) is 73.6 Å². The predicted molar refractivity (Wildman–Crippen MR) is 51.1 cm³/mol. The summed E-state index contributed by atoms with van der Waals surface area (Å²) in [5.41, 5.74) is 1.19. The number of ketones is 1. The highest BCUT2D eigenvalue weighted by atomic mass is 16.1. The van der Waals surface area contributed by atoms with Crippen LogP contribution in [0.3, 0.4) is 0 Å². The van der Waals surface area contributed by atoms with Crippen molar-refractivity contribution in [3.05, 3.63) is 35.9 Å². The van der Waals surface area contributed by atoms with Gasteiger partial charge in [-0.3, -0.25) is 9.48 Å². The van der Waals surface area contributed by atoms with Gasteiger partial charge >= 0.3 is 0 Å². The van der Waals surface area contributed by atoms with E-state index in [1.54, 1.807) is 24.0 Å². The molecule has 0 amide bonds. The van der Waals surface area contributed by atoms with E-state index >= 15 is 0 Å². The Hall–Kier alpha value is -2.11. The van der Waals surface area contributed by atoms with Crippen molar-refractivity contribution in [2.75, 3.05) is 0 Å². The molecule has 76 valence electrons. The number of nitrogens with zero attached hydrogens (tertiary/aromatic N) is 5. The summed E-state index contributed by atoms with van der Waals surface area (Å²) in [6.07, 6.45) is 4.88. The molecule has 0 aliphatic rings. The van der Waals surface area contributed by atoms with Crippen LogP contribution in [-0.4, -0.2) is 31.0 Å². The molecule has 2 rings (SSSR count). The van der Waals surface area contributed by atoms with Gasteiger partial charge in [0.1, 0.15) is 0 Å². The molecule has 2 aromatic rings. The molecule has 0 atom stereocenters. The Balaban J connectivity index is 2.11. The van der Waals surface area contributed by atoms with Crippen LogP contribution in [0.4, 0.5) is 0 Å². The first-order chi connectivity index (χ1) is 7.25. The summed E-state index contributed by atoms with van der Waals surface area (Å²) >= 11 is 0. The standard InChI is InChI=1S/C9H9N5O/c1-14-6-8(12-13-14)4-9(15)7-2-3-10-11-5-7/h2-3,5-6H,4H2,1H3. The van der Waals surface area contributed by atoms with Crippen LogP contribution in [0.1, 0.15) is 16.1 Å². The van der Waals surface area contributed by atoms with E-state index in [1.165, 1.54) is 12.4 Å². The van der Waals surface area contributed by atoms with Crippen molar-refractivity contribution in [2.45, 2.75) is 6.42 Å². The Morgan fingerprint density at radius 1 is 1.47 bits per heavy atom. The fourth-order valence-electron chi connectivity index (χ4n) is 1.20. The highest BCUT2D eigenvalue weighted by Crippen LogP contribution is 2.02. The van der Waals surface area contributed by atoms with E-state index < -0.39 is 0 Å². The summed E-state index contributed by atoms with van der Waals surface area (Å²) in [7, 11) is 1.76. The molecule has 2 aromatic heterocycles. The lowest BCUT2D eigenvalue weighted by Crippen LogP contribution is -2.04. The summed E-state index contributed by atoms with van der Waals surface area (Å²) in [4.78, 5) is 11.7. The van der Waals surface area contributed by atoms with Crippen LogP contribution in [-0.2, 0) is 13.5 Å². The van der Waals surface area contributed by atoms with E-state index in [0.717, 1.165) is 0 Å². The molecule has 0 saturated heterocycles. The fourth-order valence-corrected chi connectivity index (χ4v) is 1.20. The van der Waals surface area contributed by atoms with Crippen molar-refractivity contribution < 1.29 is 4.79 Å². The molecular formula is C9H9N5O. The van der Waals surface area contributed by atoms with Crippen molar-refractivity contribution in [1.82, 2.24) is 25.2 Å². The van der Waals surface area contributed by atoms with E-state index in [4.69, 9.17) is 0 Å². The quantitative estimate of drug-likeness (QED) is 0.658. The van der Waals surface area contributed by atoms with E-state index in [9.17, 15) is 4.79 Å². The molecule has 0 bridgehead atoms. The first-order valence-electron chi connectivity index (χ1n) is 4.41. The maximum absolute atomic E-state index is 11.7. The molecule has 0 fully saturated rings. The molecule has 0 radical (unpaired) electrons. The predicted octanol–water partition coefficient (Wildman–Crippen LogP) is 0.0305. The van der Waals surface area contributed by atoms with Crippen LogP contribution >= 0.6 is 0 Å². The zero-order chi connectivity index (χ0) is 10.7. The molecular weight excluding hydrogens is 194 g/mol. The monoisotopic (exact) mass is 203 g/mol. The van der Waals surface area contributed by atoms with Gasteiger partial charge in [-0.2, -0.15) is 10.2 Å². The molecule has 0 unspecified atom stereocenters. The van der Waals surface area contributed by atoms with Gasteiger partial charge in [0.05, 0.1) is 24.5 Å². The largest absolute Gasteiger partial charge is 0.294 e. The second-order valence-electron chi connectivity index (χ2n) is 3.11. The van der Waals surface area contributed by atoms with Crippen molar-refractivity contribution in [2.24, 2.45) is 7.05 Å². The number of carbonyl (C=O) groups is 1. The van der Waals surface area contributed by atoms with Gasteiger partial charge in [-0.1, -0.05) is 5.21 Å². The lowest BCUT2D eigenvalue weighted by atomic mass is 10.1. The molecule has 0 spiro atoms. The van der Waals surface area contributed by atoms with Crippen LogP contribution in [0.25, 0.3) is 0 Å². The van der Waals surface area contributed by atoms with Gasteiger partial charge in [0.25, 0.3) is 0 Å². The number of Topliss-reactive ketones (excluding diaryl/α,β-unsaturated/α-hetero) is 1. The summed E-state index contributed by atoms with van der Waals surface area (Å²) in [5.74, 6) is -0.0367. The van der Waals surface area contributed by atoms with Gasteiger partial charge < -0.3 is 0 Å². The average Bonchev–Trinajstić information content (AvgIpc) is 2.65. The fraction of sp³-hybridized carbons (Fsp3) is 0.222. The average molecular weight is 203 g/mol. The summed E-state index contributed by atoms with van der Waals surface area (Å²) in [6, 6.07) is 1.63. The normalized spacial score (nSPS) is 10.2. The van der Waals surface area contributed by atoms with Gasteiger partial charge in [-0.05, 0) is 6.07 Å². The minimum absolute atomic E-state index is 0.0367. The summed E-state index contributed by atoms with van der Waals surface area (Å²) in [5, 5.41) is 14.8. The molecule has 2 heterocycles. The number of hydrogen-bond donors (Lipinski definition) is 0. The van der Waals surface area contributed by atoms with Gasteiger partial charge in [0.15, 0.2) is 5.78 Å².